The number of aliphatic imine (C=N–C) groups is 1. The number of hydrogen-bond donors (Lipinski definition) is 3. The Kier molecular flexibility index (Phi) is 6.60. The van der Waals surface area contributed by atoms with Crippen LogP contribution in [0.5, 0.6) is 0 Å². The number of rotatable bonds is 4. The Balaban J connectivity index is 1.85. The first-order chi connectivity index (χ1) is 12.3. The molecule has 1 aliphatic heterocycles. The van der Waals surface area contributed by atoms with Gasteiger partial charge >= 0.3 is 0 Å². The number of fused-ring (bicyclic) bond motifs is 1. The van der Waals surface area contributed by atoms with E-state index in [9.17, 15) is 9.59 Å². The van der Waals surface area contributed by atoms with E-state index in [4.69, 9.17) is 0 Å². The lowest BCUT2D eigenvalue weighted by molar-refractivity contribution is -0.121. The van der Waals surface area contributed by atoms with Crippen molar-refractivity contribution in [3.8, 4) is 0 Å². The van der Waals surface area contributed by atoms with Gasteiger partial charge in [0.15, 0.2) is 5.96 Å². The summed E-state index contributed by atoms with van der Waals surface area (Å²) in [5, 5.41) is 8.78. The van der Waals surface area contributed by atoms with Gasteiger partial charge in [0.2, 0.25) is 11.8 Å². The number of carbonyl (C=O) groups excluding carboxylic acids is 2. The molecule has 7 nitrogen and oxygen atoms in total. The van der Waals surface area contributed by atoms with Crippen molar-refractivity contribution < 1.29 is 9.59 Å². The smallest absolute Gasteiger partial charge is 0.246 e. The lowest BCUT2D eigenvalue weighted by Crippen LogP contribution is -2.50. The Bertz CT molecular complexity index is 679. The highest BCUT2D eigenvalue weighted by molar-refractivity contribution is 5.98. The first kappa shape index (κ1) is 19.8. The Hall–Kier alpha value is -2.57. The fraction of sp³-hybridized carbons (Fsp3) is 0.526. The van der Waals surface area contributed by atoms with Gasteiger partial charge in [-0.1, -0.05) is 18.2 Å². The lowest BCUT2D eigenvalue weighted by Gasteiger charge is -2.29. The van der Waals surface area contributed by atoms with Crippen molar-refractivity contribution >= 4 is 23.5 Å². The highest BCUT2D eigenvalue weighted by Crippen LogP contribution is 2.26. The summed E-state index contributed by atoms with van der Waals surface area (Å²) in [6.07, 6.45) is 1.96. The summed E-state index contributed by atoms with van der Waals surface area (Å²) in [4.78, 5) is 30.4. The van der Waals surface area contributed by atoms with Crippen molar-refractivity contribution in [3.05, 3.63) is 29.8 Å². The average molecular weight is 359 g/mol. The molecule has 0 aromatic heterocycles. The summed E-state index contributed by atoms with van der Waals surface area (Å²) < 4.78 is 0. The van der Waals surface area contributed by atoms with E-state index >= 15 is 0 Å². The molecule has 0 spiro atoms. The SMILES string of the molecule is CN=C(NCC(=O)NC(C)(C)C)NCC(=O)N1CCCc2ccccc21. The zero-order chi connectivity index (χ0) is 19.2. The summed E-state index contributed by atoms with van der Waals surface area (Å²) in [6.45, 7) is 6.71. The predicted molar refractivity (Wildman–Crippen MR) is 104 cm³/mol. The Morgan fingerprint density at radius 3 is 2.54 bits per heavy atom. The van der Waals surface area contributed by atoms with Crippen molar-refractivity contribution in [1.82, 2.24) is 16.0 Å². The number of benzene rings is 1. The number of amides is 2. The van der Waals surface area contributed by atoms with Crippen LogP contribution in [0.4, 0.5) is 5.69 Å². The molecule has 0 unspecified atom stereocenters. The molecule has 0 atom stereocenters. The van der Waals surface area contributed by atoms with Crippen LogP contribution in [-0.2, 0) is 16.0 Å². The maximum Gasteiger partial charge on any atom is 0.246 e. The van der Waals surface area contributed by atoms with E-state index < -0.39 is 0 Å². The fourth-order valence-corrected chi connectivity index (χ4v) is 2.89. The Morgan fingerprint density at radius 2 is 1.85 bits per heavy atom. The third kappa shape index (κ3) is 5.75. The molecular formula is C19H29N5O2. The van der Waals surface area contributed by atoms with Crippen LogP contribution in [0.25, 0.3) is 0 Å². The number of nitrogens with one attached hydrogen (secondary N) is 3. The van der Waals surface area contributed by atoms with E-state index in [1.165, 1.54) is 5.56 Å². The minimum atomic E-state index is -0.284. The van der Waals surface area contributed by atoms with Gasteiger partial charge in [-0.3, -0.25) is 14.6 Å². The van der Waals surface area contributed by atoms with Crippen LogP contribution in [0.3, 0.4) is 0 Å². The lowest BCUT2D eigenvalue weighted by atomic mass is 10.0. The van der Waals surface area contributed by atoms with E-state index in [2.05, 4.69) is 27.0 Å². The Labute approximate surface area is 155 Å². The van der Waals surface area contributed by atoms with Crippen LogP contribution in [0.15, 0.2) is 29.3 Å². The zero-order valence-electron chi connectivity index (χ0n) is 16.1. The molecule has 142 valence electrons. The minimum Gasteiger partial charge on any atom is -0.350 e. The van der Waals surface area contributed by atoms with Gasteiger partial charge in [-0.15, -0.1) is 0 Å². The quantitative estimate of drug-likeness (QED) is 0.554. The molecule has 0 fully saturated rings. The fourth-order valence-electron chi connectivity index (χ4n) is 2.89. The zero-order valence-corrected chi connectivity index (χ0v) is 16.1. The first-order valence-electron chi connectivity index (χ1n) is 8.94. The van der Waals surface area contributed by atoms with Gasteiger partial charge in [-0.05, 0) is 45.2 Å². The third-order valence-corrected chi connectivity index (χ3v) is 3.97. The molecule has 3 N–H and O–H groups in total. The molecule has 26 heavy (non-hydrogen) atoms. The number of guanidine groups is 1. The maximum absolute atomic E-state index is 12.6. The summed E-state index contributed by atoms with van der Waals surface area (Å²) >= 11 is 0. The largest absolute Gasteiger partial charge is 0.350 e. The molecule has 0 bridgehead atoms. The monoisotopic (exact) mass is 359 g/mol. The molecule has 1 aromatic rings. The van der Waals surface area contributed by atoms with E-state index in [0.717, 1.165) is 25.1 Å². The van der Waals surface area contributed by atoms with Crippen LogP contribution >= 0.6 is 0 Å². The minimum absolute atomic E-state index is 0.0146. The Morgan fingerprint density at radius 1 is 1.15 bits per heavy atom. The average Bonchev–Trinajstić information content (AvgIpc) is 2.59. The van der Waals surface area contributed by atoms with Gasteiger partial charge in [0.1, 0.15) is 0 Å². The normalized spacial score (nSPS) is 14.5. The van der Waals surface area contributed by atoms with E-state index in [-0.39, 0.29) is 30.4 Å². The van der Waals surface area contributed by atoms with E-state index in [1.54, 1.807) is 7.05 Å². The van der Waals surface area contributed by atoms with E-state index in [1.807, 2.05) is 43.9 Å². The molecule has 1 aromatic carbocycles. The van der Waals surface area contributed by atoms with E-state index in [0.29, 0.717) is 5.96 Å². The molecule has 2 amide bonds. The van der Waals surface area contributed by atoms with Crippen LogP contribution < -0.4 is 20.9 Å². The topological polar surface area (TPSA) is 85.8 Å². The van der Waals surface area contributed by atoms with Crippen LogP contribution in [-0.4, -0.2) is 50.0 Å². The predicted octanol–water partition coefficient (Wildman–Crippen LogP) is 1.05. The number of nitrogens with zero attached hydrogens (tertiary/aromatic N) is 2. The van der Waals surface area contributed by atoms with Gasteiger partial charge in [0, 0.05) is 24.8 Å². The molecule has 1 aliphatic rings. The van der Waals surface area contributed by atoms with Gasteiger partial charge < -0.3 is 20.9 Å². The van der Waals surface area contributed by atoms with Crippen molar-refractivity contribution in [2.75, 3.05) is 31.6 Å². The first-order valence-corrected chi connectivity index (χ1v) is 8.94. The van der Waals surface area contributed by atoms with Gasteiger partial charge in [-0.25, -0.2) is 0 Å². The molecule has 0 saturated carbocycles. The molecule has 0 saturated heterocycles. The second-order valence-corrected chi connectivity index (χ2v) is 7.36. The summed E-state index contributed by atoms with van der Waals surface area (Å²) in [7, 11) is 1.61. The molecule has 1 heterocycles. The van der Waals surface area contributed by atoms with Gasteiger partial charge in [0.25, 0.3) is 0 Å². The summed E-state index contributed by atoms with van der Waals surface area (Å²) in [6, 6.07) is 8.00. The van der Waals surface area contributed by atoms with Crippen LogP contribution in [0.2, 0.25) is 0 Å². The second-order valence-electron chi connectivity index (χ2n) is 7.36. The number of hydrogen-bond acceptors (Lipinski definition) is 3. The number of anilines is 1. The number of para-hydroxylation sites is 1. The molecule has 2 rings (SSSR count). The van der Waals surface area contributed by atoms with Gasteiger partial charge in [0.05, 0.1) is 13.1 Å². The summed E-state index contributed by atoms with van der Waals surface area (Å²) in [5.41, 5.74) is 1.90. The maximum atomic E-state index is 12.6. The van der Waals surface area contributed by atoms with Crippen LogP contribution in [0, 0.1) is 0 Å². The molecule has 7 heteroatoms. The van der Waals surface area contributed by atoms with Crippen molar-refractivity contribution in [2.24, 2.45) is 4.99 Å². The molecular weight excluding hydrogens is 330 g/mol. The second kappa shape index (κ2) is 8.69. The highest BCUT2D eigenvalue weighted by Gasteiger charge is 2.22. The number of carbonyl (C=O) groups is 2. The van der Waals surface area contributed by atoms with Gasteiger partial charge in [-0.2, -0.15) is 0 Å². The summed E-state index contributed by atoms with van der Waals surface area (Å²) in [5.74, 6) is 0.281. The third-order valence-electron chi connectivity index (χ3n) is 3.97. The molecule has 0 radical (unpaired) electrons. The van der Waals surface area contributed by atoms with Crippen molar-refractivity contribution in [1.29, 1.82) is 0 Å². The van der Waals surface area contributed by atoms with Crippen molar-refractivity contribution in [3.63, 3.8) is 0 Å². The standard InChI is InChI=1S/C19H29N5O2/c1-19(2,3)23-16(25)12-21-18(20-4)22-13-17(26)24-11-7-9-14-8-5-6-10-15(14)24/h5-6,8,10H,7,9,11-13H2,1-4H3,(H,23,25)(H2,20,21,22). The molecule has 0 aliphatic carbocycles. The van der Waals surface area contributed by atoms with Crippen molar-refractivity contribution in [2.45, 2.75) is 39.2 Å². The number of aryl methyl sites for hydroxylation is 1. The van der Waals surface area contributed by atoms with Crippen LogP contribution in [0.1, 0.15) is 32.8 Å². The highest BCUT2D eigenvalue weighted by atomic mass is 16.2.